The molecule has 3 aromatic rings. The van der Waals surface area contributed by atoms with Crippen LogP contribution in [0.15, 0.2) is 60.0 Å². The standard InChI is InChI=1S/C29H35N3O3S/c1-7-29(5,6)31-28(35)26(22-15-13-19(2)14-16-22)32(23-11-8-10-20(3)21(23)4)25(33)18-30-27(34)24-12-9-17-36-24/h8-17,26H,7,18H2,1-6H3,(H,30,34)(H,31,35)/t26-/m1/s1. The number of anilines is 1. The van der Waals surface area contributed by atoms with Gasteiger partial charge in [0.2, 0.25) is 11.8 Å². The molecule has 0 saturated carbocycles. The van der Waals surface area contributed by atoms with Gasteiger partial charge in [0.05, 0.1) is 11.4 Å². The summed E-state index contributed by atoms with van der Waals surface area (Å²) in [6.45, 7) is 11.6. The maximum Gasteiger partial charge on any atom is 0.261 e. The van der Waals surface area contributed by atoms with Gasteiger partial charge in [-0.2, -0.15) is 0 Å². The molecule has 0 bridgehead atoms. The van der Waals surface area contributed by atoms with Gasteiger partial charge in [-0.25, -0.2) is 0 Å². The minimum Gasteiger partial charge on any atom is -0.349 e. The van der Waals surface area contributed by atoms with Crippen LogP contribution in [0.3, 0.4) is 0 Å². The number of carbonyl (C=O) groups excluding carboxylic acids is 3. The summed E-state index contributed by atoms with van der Waals surface area (Å²) in [4.78, 5) is 42.3. The molecule has 1 heterocycles. The van der Waals surface area contributed by atoms with Crippen molar-refractivity contribution in [2.45, 2.75) is 59.5 Å². The summed E-state index contributed by atoms with van der Waals surface area (Å²) in [7, 11) is 0. The number of amides is 3. The Morgan fingerprint density at radius 1 is 0.972 bits per heavy atom. The predicted octanol–water partition coefficient (Wildman–Crippen LogP) is 5.48. The van der Waals surface area contributed by atoms with E-state index in [1.807, 2.05) is 89.4 Å². The molecule has 0 unspecified atom stereocenters. The maximum atomic E-state index is 13.9. The summed E-state index contributed by atoms with van der Waals surface area (Å²) in [5.41, 5.74) is 3.84. The molecule has 2 N–H and O–H groups in total. The average Bonchev–Trinajstić information content (AvgIpc) is 3.38. The quantitative estimate of drug-likeness (QED) is 0.404. The summed E-state index contributed by atoms with van der Waals surface area (Å²) in [5, 5.41) is 7.67. The van der Waals surface area contributed by atoms with Gasteiger partial charge in [0, 0.05) is 11.2 Å². The van der Waals surface area contributed by atoms with Crippen molar-refractivity contribution >= 4 is 34.7 Å². The first-order chi connectivity index (χ1) is 17.0. The summed E-state index contributed by atoms with van der Waals surface area (Å²) < 4.78 is 0. The Kier molecular flexibility index (Phi) is 8.69. The number of hydrogen-bond donors (Lipinski definition) is 2. The highest BCUT2D eigenvalue weighted by molar-refractivity contribution is 7.12. The summed E-state index contributed by atoms with van der Waals surface area (Å²) >= 11 is 1.31. The van der Waals surface area contributed by atoms with E-state index in [1.165, 1.54) is 16.2 Å². The lowest BCUT2D eigenvalue weighted by molar-refractivity contribution is -0.127. The van der Waals surface area contributed by atoms with E-state index in [0.29, 0.717) is 16.1 Å². The molecule has 6 nitrogen and oxygen atoms in total. The SMILES string of the molecule is CCC(C)(C)NC(=O)[C@@H](c1ccc(C)cc1)N(C(=O)CNC(=O)c1cccs1)c1cccc(C)c1C. The lowest BCUT2D eigenvalue weighted by Crippen LogP contribution is -2.52. The van der Waals surface area contributed by atoms with Gasteiger partial charge in [-0.3, -0.25) is 19.3 Å². The van der Waals surface area contributed by atoms with E-state index in [-0.39, 0.29) is 24.3 Å². The number of nitrogens with zero attached hydrogens (tertiary/aromatic N) is 1. The molecule has 0 aliphatic heterocycles. The highest BCUT2D eigenvalue weighted by atomic mass is 32.1. The Labute approximate surface area is 217 Å². The van der Waals surface area contributed by atoms with Gasteiger partial charge in [-0.05, 0) is 75.2 Å². The van der Waals surface area contributed by atoms with Crippen LogP contribution in [0, 0.1) is 20.8 Å². The molecule has 0 fully saturated rings. The molecular formula is C29H35N3O3S. The first-order valence-corrected chi connectivity index (χ1v) is 13.0. The van der Waals surface area contributed by atoms with Crippen LogP contribution in [0.5, 0.6) is 0 Å². The van der Waals surface area contributed by atoms with Crippen LogP contribution >= 0.6 is 11.3 Å². The number of rotatable bonds is 9. The Morgan fingerprint density at radius 2 is 1.67 bits per heavy atom. The number of carbonyl (C=O) groups is 3. The molecule has 3 rings (SSSR count). The fraction of sp³-hybridized carbons (Fsp3) is 0.345. The molecule has 0 spiro atoms. The van der Waals surface area contributed by atoms with Crippen molar-refractivity contribution in [3.8, 4) is 0 Å². The number of benzene rings is 2. The van der Waals surface area contributed by atoms with Crippen LogP contribution in [0.4, 0.5) is 5.69 Å². The molecule has 1 atom stereocenters. The van der Waals surface area contributed by atoms with Crippen LogP contribution in [0.25, 0.3) is 0 Å². The van der Waals surface area contributed by atoms with Crippen molar-refractivity contribution in [2.75, 3.05) is 11.4 Å². The van der Waals surface area contributed by atoms with Crippen molar-refractivity contribution in [3.05, 3.63) is 87.1 Å². The van der Waals surface area contributed by atoms with Crippen LogP contribution in [0.1, 0.15) is 65.2 Å². The number of nitrogens with one attached hydrogen (secondary N) is 2. The van der Waals surface area contributed by atoms with Gasteiger partial charge in [0.15, 0.2) is 0 Å². The molecule has 0 saturated heterocycles. The van der Waals surface area contributed by atoms with Gasteiger partial charge in [-0.1, -0.05) is 55.0 Å². The van der Waals surface area contributed by atoms with Crippen molar-refractivity contribution in [2.24, 2.45) is 0 Å². The minimum atomic E-state index is -0.914. The van der Waals surface area contributed by atoms with Crippen molar-refractivity contribution in [1.29, 1.82) is 0 Å². The highest BCUT2D eigenvalue weighted by Crippen LogP contribution is 2.32. The second kappa shape index (κ2) is 11.5. The third-order valence-corrected chi connectivity index (χ3v) is 7.36. The van der Waals surface area contributed by atoms with Gasteiger partial charge in [0.25, 0.3) is 5.91 Å². The molecule has 0 radical (unpaired) electrons. The Bertz CT molecular complexity index is 1220. The van der Waals surface area contributed by atoms with Crippen molar-refractivity contribution in [1.82, 2.24) is 10.6 Å². The van der Waals surface area contributed by atoms with E-state index < -0.39 is 11.6 Å². The summed E-state index contributed by atoms with van der Waals surface area (Å²) in [5.74, 6) is -0.962. The van der Waals surface area contributed by atoms with E-state index in [9.17, 15) is 14.4 Å². The summed E-state index contributed by atoms with van der Waals surface area (Å²) in [6.07, 6.45) is 0.730. The summed E-state index contributed by atoms with van der Waals surface area (Å²) in [6, 6.07) is 15.9. The van der Waals surface area contributed by atoms with Gasteiger partial charge in [-0.15, -0.1) is 11.3 Å². The molecule has 190 valence electrons. The minimum absolute atomic E-state index is 0.239. The second-order valence-corrected chi connectivity index (χ2v) is 10.6. The molecule has 36 heavy (non-hydrogen) atoms. The Balaban J connectivity index is 2.08. The molecule has 2 aromatic carbocycles. The van der Waals surface area contributed by atoms with E-state index in [4.69, 9.17) is 0 Å². The van der Waals surface area contributed by atoms with Crippen LogP contribution in [-0.4, -0.2) is 29.8 Å². The second-order valence-electron chi connectivity index (χ2n) is 9.68. The molecule has 0 aliphatic carbocycles. The number of hydrogen-bond acceptors (Lipinski definition) is 4. The van der Waals surface area contributed by atoms with E-state index >= 15 is 0 Å². The third-order valence-electron chi connectivity index (χ3n) is 6.49. The van der Waals surface area contributed by atoms with E-state index in [2.05, 4.69) is 10.6 Å². The highest BCUT2D eigenvalue weighted by Gasteiger charge is 2.35. The van der Waals surface area contributed by atoms with Crippen LogP contribution < -0.4 is 15.5 Å². The third kappa shape index (κ3) is 6.40. The number of aryl methyl sites for hydroxylation is 2. The van der Waals surface area contributed by atoms with Crippen LogP contribution in [-0.2, 0) is 9.59 Å². The molecule has 0 aliphatic rings. The van der Waals surface area contributed by atoms with Crippen LogP contribution in [0.2, 0.25) is 0 Å². The molecular weight excluding hydrogens is 470 g/mol. The zero-order chi connectivity index (χ0) is 26.5. The number of thiophene rings is 1. The molecule has 7 heteroatoms. The Hall–Kier alpha value is -3.45. The smallest absolute Gasteiger partial charge is 0.261 e. The zero-order valence-corrected chi connectivity index (χ0v) is 22.7. The van der Waals surface area contributed by atoms with E-state index in [1.54, 1.807) is 12.1 Å². The van der Waals surface area contributed by atoms with Gasteiger partial charge in [0.1, 0.15) is 6.04 Å². The normalized spacial score (nSPS) is 12.1. The fourth-order valence-electron chi connectivity index (χ4n) is 3.81. The predicted molar refractivity (Wildman–Crippen MR) is 146 cm³/mol. The molecule has 1 aromatic heterocycles. The zero-order valence-electron chi connectivity index (χ0n) is 21.8. The maximum absolute atomic E-state index is 13.9. The van der Waals surface area contributed by atoms with Gasteiger partial charge < -0.3 is 10.6 Å². The molecule has 3 amide bonds. The largest absolute Gasteiger partial charge is 0.349 e. The van der Waals surface area contributed by atoms with Gasteiger partial charge >= 0.3 is 0 Å². The lowest BCUT2D eigenvalue weighted by atomic mass is 9.96. The first-order valence-electron chi connectivity index (χ1n) is 12.1. The van der Waals surface area contributed by atoms with Crippen molar-refractivity contribution in [3.63, 3.8) is 0 Å². The topological polar surface area (TPSA) is 78.5 Å². The fourth-order valence-corrected chi connectivity index (χ4v) is 4.45. The first kappa shape index (κ1) is 27.1. The lowest BCUT2D eigenvalue weighted by Gasteiger charge is -2.35. The average molecular weight is 506 g/mol. The Morgan fingerprint density at radius 3 is 2.28 bits per heavy atom. The van der Waals surface area contributed by atoms with Crippen molar-refractivity contribution < 1.29 is 14.4 Å². The van der Waals surface area contributed by atoms with E-state index in [0.717, 1.165) is 23.1 Å². The monoisotopic (exact) mass is 505 g/mol.